The number of anilines is 4. The molecular weight excluding hydrogens is 436 g/mol. The molecule has 0 saturated carbocycles. The molecule has 10 nitrogen and oxygen atoms in total. The van der Waals surface area contributed by atoms with Crippen molar-refractivity contribution in [3.8, 4) is 0 Å². The molecule has 2 heterocycles. The zero-order valence-corrected chi connectivity index (χ0v) is 20.4. The maximum Gasteiger partial charge on any atom is 0.230 e. The van der Waals surface area contributed by atoms with E-state index < -0.39 is 0 Å². The molecule has 0 N–H and O–H groups in total. The molecule has 0 aliphatic rings. The first kappa shape index (κ1) is 22.9. The molecule has 2 rings (SSSR count). The lowest BCUT2D eigenvalue weighted by Crippen LogP contribution is -2.19. The first-order chi connectivity index (χ1) is 13.2. The van der Waals surface area contributed by atoms with Crippen molar-refractivity contribution in [2.75, 3.05) is 76.0 Å². The summed E-state index contributed by atoms with van der Waals surface area (Å²) in [6.07, 6.45) is 0. The fourth-order valence-corrected chi connectivity index (χ4v) is 6.36. The number of nitrogens with zero attached hydrogens (tertiary/aromatic N) is 10. The Morgan fingerprint density at radius 3 is 0.893 bits per heavy atom. The Labute approximate surface area is 180 Å². The molecule has 154 valence electrons. The minimum Gasteiger partial charge on any atom is -0.347 e. The van der Waals surface area contributed by atoms with Gasteiger partial charge in [0.25, 0.3) is 0 Å². The zero-order valence-electron chi connectivity index (χ0n) is 17.1. The summed E-state index contributed by atoms with van der Waals surface area (Å²) in [5.74, 6) is 2.51. The molecular formula is C14H24N10S4. The first-order valence-electron chi connectivity index (χ1n) is 8.06. The van der Waals surface area contributed by atoms with E-state index in [9.17, 15) is 0 Å². The van der Waals surface area contributed by atoms with Gasteiger partial charge in [0.15, 0.2) is 0 Å². The second-order valence-corrected chi connectivity index (χ2v) is 11.9. The average molecular weight is 461 g/mol. The van der Waals surface area contributed by atoms with Crippen LogP contribution in [0.5, 0.6) is 0 Å². The van der Waals surface area contributed by atoms with Gasteiger partial charge in [-0.05, 0) is 41.2 Å². The van der Waals surface area contributed by atoms with Crippen LogP contribution in [-0.4, -0.2) is 86.3 Å². The molecule has 0 aliphatic carbocycles. The van der Waals surface area contributed by atoms with Crippen LogP contribution in [-0.2, 0) is 0 Å². The van der Waals surface area contributed by atoms with E-state index >= 15 is 0 Å². The highest BCUT2D eigenvalue weighted by Crippen LogP contribution is 2.48. The van der Waals surface area contributed by atoms with Crippen LogP contribution in [0.2, 0.25) is 0 Å². The van der Waals surface area contributed by atoms with Crippen LogP contribution < -0.4 is 19.6 Å². The lowest BCUT2D eigenvalue weighted by molar-refractivity contribution is 0.842. The highest BCUT2D eigenvalue weighted by atomic mass is 33.7. The molecule has 28 heavy (non-hydrogen) atoms. The molecule has 0 fully saturated rings. The Morgan fingerprint density at radius 1 is 0.429 bits per heavy atom. The van der Waals surface area contributed by atoms with Crippen LogP contribution in [0.25, 0.3) is 0 Å². The van der Waals surface area contributed by atoms with E-state index in [0.717, 1.165) is 0 Å². The van der Waals surface area contributed by atoms with E-state index in [1.165, 1.54) is 21.6 Å². The van der Waals surface area contributed by atoms with Crippen molar-refractivity contribution in [2.45, 2.75) is 10.3 Å². The topological polar surface area (TPSA) is 90.3 Å². The second kappa shape index (κ2) is 10.4. The number of rotatable bonds is 9. The SMILES string of the molecule is CN(C)c1nc(SSSSc2nc(N(C)C)nc(N(C)C)n2)nc(N(C)C)n1. The zero-order chi connectivity index (χ0) is 20.8. The second-order valence-electron chi connectivity index (χ2n) is 6.32. The fourth-order valence-electron chi connectivity index (χ4n) is 1.63. The first-order valence-corrected chi connectivity index (χ1v) is 12.9. The maximum atomic E-state index is 4.48. The standard InChI is InChI=1S/C14H24N10S4/c1-21(2)9-15-10(22(3)4)18-13(17-9)25-27-28-26-14-19-11(23(5)6)16-12(20-14)24(7)8/h1-8H3. The average Bonchev–Trinajstić information content (AvgIpc) is 2.64. The highest BCUT2D eigenvalue weighted by Gasteiger charge is 2.13. The van der Waals surface area contributed by atoms with Gasteiger partial charge in [0.05, 0.1) is 0 Å². The molecule has 0 aromatic carbocycles. The molecule has 0 spiro atoms. The van der Waals surface area contributed by atoms with E-state index in [2.05, 4.69) is 29.9 Å². The minimum absolute atomic E-state index is 0.628. The summed E-state index contributed by atoms with van der Waals surface area (Å²) in [7, 11) is 21.3. The third kappa shape index (κ3) is 6.60. The third-order valence-electron chi connectivity index (χ3n) is 3.03. The number of aromatic nitrogens is 6. The van der Waals surface area contributed by atoms with Crippen molar-refractivity contribution in [3.63, 3.8) is 0 Å². The van der Waals surface area contributed by atoms with E-state index in [0.29, 0.717) is 34.1 Å². The van der Waals surface area contributed by atoms with Crippen molar-refractivity contribution in [1.29, 1.82) is 0 Å². The number of hydrogen-bond donors (Lipinski definition) is 0. The Kier molecular flexibility index (Phi) is 8.52. The van der Waals surface area contributed by atoms with E-state index in [1.54, 1.807) is 19.7 Å². The third-order valence-corrected chi connectivity index (χ3v) is 8.58. The molecule has 2 aromatic rings. The predicted molar refractivity (Wildman–Crippen MR) is 124 cm³/mol. The van der Waals surface area contributed by atoms with Gasteiger partial charge in [-0.25, -0.2) is 0 Å². The summed E-state index contributed by atoms with van der Waals surface area (Å²) < 4.78 is 0. The summed E-state index contributed by atoms with van der Waals surface area (Å²) in [5, 5.41) is 1.30. The quantitative estimate of drug-likeness (QED) is 0.405. The van der Waals surface area contributed by atoms with Gasteiger partial charge < -0.3 is 19.6 Å². The molecule has 0 saturated heterocycles. The molecule has 0 unspecified atom stereocenters. The van der Waals surface area contributed by atoms with Gasteiger partial charge in [-0.3, -0.25) is 0 Å². The van der Waals surface area contributed by atoms with Gasteiger partial charge in [0.2, 0.25) is 34.1 Å². The van der Waals surface area contributed by atoms with E-state index in [1.807, 2.05) is 76.0 Å². The Morgan fingerprint density at radius 2 is 0.679 bits per heavy atom. The molecule has 14 heteroatoms. The Balaban J connectivity index is 2.03. The van der Waals surface area contributed by atoms with Crippen LogP contribution in [0.3, 0.4) is 0 Å². The Hall–Kier alpha value is -1.38. The van der Waals surface area contributed by atoms with Crippen LogP contribution in [0.4, 0.5) is 23.8 Å². The molecule has 0 atom stereocenters. The highest BCUT2D eigenvalue weighted by molar-refractivity contribution is 9.26. The Bertz CT molecular complexity index is 669. The fraction of sp³-hybridized carbons (Fsp3) is 0.571. The van der Waals surface area contributed by atoms with Crippen molar-refractivity contribution in [2.24, 2.45) is 0 Å². The molecule has 0 amide bonds. The van der Waals surface area contributed by atoms with Crippen molar-refractivity contribution >= 4 is 65.0 Å². The van der Waals surface area contributed by atoms with E-state index in [4.69, 9.17) is 0 Å². The summed E-state index contributed by atoms with van der Waals surface area (Å²) in [6, 6.07) is 0. The van der Waals surface area contributed by atoms with Gasteiger partial charge in [-0.1, -0.05) is 0 Å². The normalized spacial score (nSPS) is 10.7. The van der Waals surface area contributed by atoms with Gasteiger partial charge in [-0.2, -0.15) is 29.9 Å². The number of hydrogen-bond acceptors (Lipinski definition) is 14. The van der Waals surface area contributed by atoms with Crippen LogP contribution in [0.15, 0.2) is 10.3 Å². The van der Waals surface area contributed by atoms with Gasteiger partial charge in [0.1, 0.15) is 0 Å². The predicted octanol–water partition coefficient (Wildman–Crippen LogP) is 2.42. The monoisotopic (exact) mass is 460 g/mol. The minimum atomic E-state index is 0.628. The molecule has 0 bridgehead atoms. The summed E-state index contributed by atoms with van der Waals surface area (Å²) in [5.41, 5.74) is 0. The molecule has 0 aliphatic heterocycles. The molecule has 2 aromatic heterocycles. The summed E-state index contributed by atoms with van der Waals surface area (Å²) >= 11 is 0. The smallest absolute Gasteiger partial charge is 0.230 e. The van der Waals surface area contributed by atoms with Gasteiger partial charge in [-0.15, -0.1) is 0 Å². The van der Waals surface area contributed by atoms with Crippen molar-refractivity contribution in [3.05, 3.63) is 0 Å². The molecule has 0 radical (unpaired) electrons. The lowest BCUT2D eigenvalue weighted by Gasteiger charge is -2.16. The lowest BCUT2D eigenvalue weighted by atomic mass is 10.7. The van der Waals surface area contributed by atoms with Crippen LogP contribution in [0.1, 0.15) is 0 Å². The van der Waals surface area contributed by atoms with E-state index in [-0.39, 0.29) is 0 Å². The largest absolute Gasteiger partial charge is 0.347 e. The summed E-state index contributed by atoms with van der Waals surface area (Å²) in [4.78, 5) is 34.2. The van der Waals surface area contributed by atoms with Crippen molar-refractivity contribution in [1.82, 2.24) is 29.9 Å². The van der Waals surface area contributed by atoms with Crippen molar-refractivity contribution < 1.29 is 0 Å². The maximum absolute atomic E-state index is 4.48. The van der Waals surface area contributed by atoms with Crippen LogP contribution >= 0.6 is 41.2 Å². The van der Waals surface area contributed by atoms with Gasteiger partial charge in [0, 0.05) is 56.4 Å². The van der Waals surface area contributed by atoms with Gasteiger partial charge >= 0.3 is 0 Å². The summed E-state index contributed by atoms with van der Waals surface area (Å²) in [6.45, 7) is 0. The van der Waals surface area contributed by atoms with Crippen LogP contribution in [0, 0.1) is 0 Å².